The smallest absolute Gasteiger partial charge is 0.0138 e. The molecular formula is C17H34N2. The highest BCUT2D eigenvalue weighted by Gasteiger charge is 2.35. The van der Waals surface area contributed by atoms with Gasteiger partial charge in [0.25, 0.3) is 0 Å². The Labute approximate surface area is 120 Å². The Hall–Kier alpha value is -0.0800. The number of nitrogens with zero attached hydrogens (tertiary/aromatic N) is 1. The second-order valence-corrected chi connectivity index (χ2v) is 7.10. The van der Waals surface area contributed by atoms with Crippen molar-refractivity contribution in [1.82, 2.24) is 4.90 Å². The van der Waals surface area contributed by atoms with Crippen LogP contribution in [0.3, 0.4) is 0 Å². The molecule has 2 saturated carbocycles. The lowest BCUT2D eigenvalue weighted by molar-refractivity contribution is 0.0335. The molecule has 0 amide bonds. The van der Waals surface area contributed by atoms with E-state index >= 15 is 0 Å². The topological polar surface area (TPSA) is 29.3 Å². The van der Waals surface area contributed by atoms with E-state index in [4.69, 9.17) is 5.73 Å². The zero-order valence-electron chi connectivity index (χ0n) is 13.3. The summed E-state index contributed by atoms with van der Waals surface area (Å²) in [4.78, 5) is 2.83. The fourth-order valence-corrected chi connectivity index (χ4v) is 4.48. The Morgan fingerprint density at radius 1 is 1.00 bits per heavy atom. The molecule has 0 spiro atoms. The molecule has 2 heteroatoms. The van der Waals surface area contributed by atoms with Gasteiger partial charge in [-0.25, -0.2) is 0 Å². The molecule has 19 heavy (non-hydrogen) atoms. The molecule has 0 saturated heterocycles. The maximum Gasteiger partial charge on any atom is 0.0138 e. The van der Waals surface area contributed by atoms with Crippen molar-refractivity contribution in [2.75, 3.05) is 13.1 Å². The summed E-state index contributed by atoms with van der Waals surface area (Å²) in [7, 11) is 0. The van der Waals surface area contributed by atoms with Crippen LogP contribution in [0.2, 0.25) is 0 Å². The summed E-state index contributed by atoms with van der Waals surface area (Å²) in [6, 6.07) is 1.60. The lowest BCUT2D eigenvalue weighted by Crippen LogP contribution is -2.51. The van der Waals surface area contributed by atoms with E-state index in [0.29, 0.717) is 0 Å². The Bertz CT molecular complexity index is 266. The molecule has 0 bridgehead atoms. The van der Waals surface area contributed by atoms with Crippen LogP contribution in [0, 0.1) is 17.8 Å². The van der Waals surface area contributed by atoms with Crippen LogP contribution in [0.4, 0.5) is 0 Å². The molecule has 5 unspecified atom stereocenters. The molecule has 0 aliphatic heterocycles. The summed E-state index contributed by atoms with van der Waals surface area (Å²) >= 11 is 0. The largest absolute Gasteiger partial charge is 0.330 e. The van der Waals surface area contributed by atoms with Crippen molar-refractivity contribution in [2.24, 2.45) is 23.5 Å². The van der Waals surface area contributed by atoms with Gasteiger partial charge in [0.15, 0.2) is 0 Å². The molecule has 0 aromatic heterocycles. The normalized spacial score (nSPS) is 40.6. The van der Waals surface area contributed by atoms with Crippen molar-refractivity contribution < 1.29 is 0 Å². The van der Waals surface area contributed by atoms with Crippen LogP contribution in [0.5, 0.6) is 0 Å². The number of rotatable bonds is 4. The summed E-state index contributed by atoms with van der Waals surface area (Å²) < 4.78 is 0. The number of nitrogens with two attached hydrogens (primary N) is 1. The second-order valence-electron chi connectivity index (χ2n) is 7.10. The monoisotopic (exact) mass is 266 g/mol. The van der Waals surface area contributed by atoms with Crippen LogP contribution in [0.15, 0.2) is 0 Å². The van der Waals surface area contributed by atoms with Crippen molar-refractivity contribution in [3.05, 3.63) is 0 Å². The third-order valence-corrected chi connectivity index (χ3v) is 6.00. The highest BCUT2D eigenvalue weighted by molar-refractivity contribution is 4.90. The summed E-state index contributed by atoms with van der Waals surface area (Å²) in [6.07, 6.45) is 9.79. The average Bonchev–Trinajstić information content (AvgIpc) is 2.44. The van der Waals surface area contributed by atoms with Gasteiger partial charge in [-0.15, -0.1) is 0 Å². The first-order valence-corrected chi connectivity index (χ1v) is 8.63. The number of hydrogen-bond donors (Lipinski definition) is 1. The Morgan fingerprint density at radius 2 is 1.74 bits per heavy atom. The molecule has 2 N–H and O–H groups in total. The van der Waals surface area contributed by atoms with E-state index in [2.05, 4.69) is 25.7 Å². The Kier molecular flexibility index (Phi) is 5.70. The van der Waals surface area contributed by atoms with Crippen LogP contribution in [0.1, 0.15) is 65.7 Å². The van der Waals surface area contributed by atoms with Gasteiger partial charge in [-0.05, 0) is 62.9 Å². The van der Waals surface area contributed by atoms with Gasteiger partial charge in [0.2, 0.25) is 0 Å². The summed E-state index contributed by atoms with van der Waals surface area (Å²) in [5.74, 6) is 2.57. The summed E-state index contributed by atoms with van der Waals surface area (Å²) in [6.45, 7) is 9.34. The van der Waals surface area contributed by atoms with Gasteiger partial charge in [0.05, 0.1) is 0 Å². The van der Waals surface area contributed by atoms with Crippen LogP contribution in [-0.4, -0.2) is 30.1 Å². The van der Waals surface area contributed by atoms with E-state index in [1.807, 2.05) is 0 Å². The zero-order valence-corrected chi connectivity index (χ0v) is 13.3. The van der Waals surface area contributed by atoms with E-state index in [1.165, 1.54) is 51.5 Å². The molecule has 2 aliphatic rings. The minimum absolute atomic E-state index is 0.753. The van der Waals surface area contributed by atoms with Gasteiger partial charge in [-0.3, -0.25) is 4.90 Å². The van der Waals surface area contributed by atoms with E-state index < -0.39 is 0 Å². The van der Waals surface area contributed by atoms with Crippen LogP contribution < -0.4 is 5.73 Å². The fraction of sp³-hybridized carbons (Fsp3) is 1.00. The average molecular weight is 266 g/mol. The lowest BCUT2D eigenvalue weighted by atomic mass is 9.76. The molecule has 0 aromatic rings. The summed E-state index contributed by atoms with van der Waals surface area (Å²) in [5.41, 5.74) is 6.04. The first-order chi connectivity index (χ1) is 9.17. The quantitative estimate of drug-likeness (QED) is 0.841. The van der Waals surface area contributed by atoms with Gasteiger partial charge >= 0.3 is 0 Å². The van der Waals surface area contributed by atoms with E-state index in [0.717, 1.165) is 36.4 Å². The predicted molar refractivity (Wildman–Crippen MR) is 83.1 cm³/mol. The van der Waals surface area contributed by atoms with E-state index in [9.17, 15) is 0 Å². The second kappa shape index (κ2) is 7.08. The minimum Gasteiger partial charge on any atom is -0.330 e. The van der Waals surface area contributed by atoms with Gasteiger partial charge in [0.1, 0.15) is 0 Å². The van der Waals surface area contributed by atoms with Gasteiger partial charge in [-0.1, -0.05) is 33.6 Å². The zero-order chi connectivity index (χ0) is 13.8. The van der Waals surface area contributed by atoms with Crippen LogP contribution in [-0.2, 0) is 0 Å². The highest BCUT2D eigenvalue weighted by atomic mass is 15.2. The van der Waals surface area contributed by atoms with Gasteiger partial charge < -0.3 is 5.73 Å². The third kappa shape index (κ3) is 3.52. The molecule has 112 valence electrons. The minimum atomic E-state index is 0.753. The van der Waals surface area contributed by atoms with Crippen LogP contribution >= 0.6 is 0 Å². The van der Waals surface area contributed by atoms with E-state index in [1.54, 1.807) is 0 Å². The molecular weight excluding hydrogens is 232 g/mol. The van der Waals surface area contributed by atoms with Crippen molar-refractivity contribution in [3.63, 3.8) is 0 Å². The SMILES string of the molecule is CCN(C1CCC(C)C(C)C1)C1CCCCC1CN. The van der Waals surface area contributed by atoms with Crippen molar-refractivity contribution in [2.45, 2.75) is 77.8 Å². The maximum absolute atomic E-state index is 6.04. The highest BCUT2D eigenvalue weighted by Crippen LogP contribution is 2.36. The number of hydrogen-bond acceptors (Lipinski definition) is 2. The van der Waals surface area contributed by atoms with Crippen molar-refractivity contribution >= 4 is 0 Å². The molecule has 2 fully saturated rings. The van der Waals surface area contributed by atoms with Crippen LogP contribution in [0.25, 0.3) is 0 Å². The third-order valence-electron chi connectivity index (χ3n) is 6.00. The van der Waals surface area contributed by atoms with Crippen molar-refractivity contribution in [1.29, 1.82) is 0 Å². The molecule has 0 heterocycles. The Morgan fingerprint density at radius 3 is 2.37 bits per heavy atom. The molecule has 0 radical (unpaired) electrons. The standard InChI is InChI=1S/C17H34N2/c1-4-19(16-10-9-13(2)14(3)11-16)17-8-6-5-7-15(17)12-18/h13-17H,4-12,18H2,1-3H3. The molecule has 2 aliphatic carbocycles. The molecule has 2 rings (SSSR count). The fourth-order valence-electron chi connectivity index (χ4n) is 4.48. The lowest BCUT2D eigenvalue weighted by Gasteiger charge is -2.46. The summed E-state index contributed by atoms with van der Waals surface area (Å²) in [5, 5.41) is 0. The molecule has 2 nitrogen and oxygen atoms in total. The molecule has 5 atom stereocenters. The van der Waals surface area contributed by atoms with E-state index in [-0.39, 0.29) is 0 Å². The first kappa shape index (κ1) is 15.3. The maximum atomic E-state index is 6.04. The Balaban J connectivity index is 2.01. The van der Waals surface area contributed by atoms with Gasteiger partial charge in [-0.2, -0.15) is 0 Å². The predicted octanol–water partition coefficient (Wildman–Crippen LogP) is 3.65. The van der Waals surface area contributed by atoms with Gasteiger partial charge in [0, 0.05) is 12.1 Å². The molecule has 0 aromatic carbocycles. The first-order valence-electron chi connectivity index (χ1n) is 8.63. The van der Waals surface area contributed by atoms with Crippen molar-refractivity contribution in [3.8, 4) is 0 Å².